The molecular weight excluding hydrogens is 186 g/mol. The normalized spacial score (nSPS) is 31.8. The van der Waals surface area contributed by atoms with Gasteiger partial charge in [-0.1, -0.05) is 20.3 Å². The monoisotopic (exact) mass is 213 g/mol. The van der Waals surface area contributed by atoms with Crippen molar-refractivity contribution in [2.75, 3.05) is 0 Å². The first-order valence-corrected chi connectivity index (χ1v) is 6.21. The van der Waals surface area contributed by atoms with Gasteiger partial charge in [-0.25, -0.2) is 0 Å². The van der Waals surface area contributed by atoms with Crippen LogP contribution in [-0.4, -0.2) is 21.3 Å². The van der Waals surface area contributed by atoms with E-state index in [2.05, 4.69) is 41.5 Å². The Morgan fingerprint density at radius 1 is 1.33 bits per heavy atom. The Balaban J connectivity index is 2.75. The molecule has 0 saturated carbocycles. The van der Waals surface area contributed by atoms with Gasteiger partial charge >= 0.3 is 0 Å². The van der Waals surface area contributed by atoms with Crippen LogP contribution in [0.5, 0.6) is 0 Å². The molecule has 0 aromatic carbocycles. The summed E-state index contributed by atoms with van der Waals surface area (Å²) in [4.78, 5) is 0. The molecule has 1 fully saturated rings. The van der Waals surface area contributed by atoms with Crippen LogP contribution >= 0.6 is 0 Å². The van der Waals surface area contributed by atoms with Crippen molar-refractivity contribution in [2.24, 2.45) is 11.8 Å². The van der Waals surface area contributed by atoms with Crippen molar-refractivity contribution in [1.82, 2.24) is 5.06 Å². The zero-order valence-corrected chi connectivity index (χ0v) is 11.2. The fourth-order valence-corrected chi connectivity index (χ4v) is 2.92. The van der Waals surface area contributed by atoms with Gasteiger partial charge in [-0.2, -0.15) is 5.06 Å². The lowest BCUT2D eigenvalue weighted by Gasteiger charge is -2.36. The number of hydroxylamine groups is 2. The van der Waals surface area contributed by atoms with Gasteiger partial charge in [-0.15, -0.1) is 0 Å². The van der Waals surface area contributed by atoms with E-state index in [4.69, 9.17) is 0 Å². The van der Waals surface area contributed by atoms with Crippen LogP contribution in [0.25, 0.3) is 0 Å². The van der Waals surface area contributed by atoms with Gasteiger partial charge in [-0.3, -0.25) is 0 Å². The van der Waals surface area contributed by atoms with Crippen molar-refractivity contribution in [3.05, 3.63) is 0 Å². The second-order valence-corrected chi connectivity index (χ2v) is 6.43. The molecule has 0 bridgehead atoms. The Hall–Kier alpha value is -0.0800. The molecule has 1 heterocycles. The van der Waals surface area contributed by atoms with Crippen LogP contribution in [0.3, 0.4) is 0 Å². The zero-order chi connectivity index (χ0) is 11.9. The van der Waals surface area contributed by atoms with Gasteiger partial charge in [0.25, 0.3) is 0 Å². The van der Waals surface area contributed by atoms with Gasteiger partial charge < -0.3 is 5.21 Å². The van der Waals surface area contributed by atoms with Gasteiger partial charge in [-0.05, 0) is 52.4 Å². The van der Waals surface area contributed by atoms with Crippen molar-refractivity contribution in [1.29, 1.82) is 0 Å². The summed E-state index contributed by atoms with van der Waals surface area (Å²) >= 11 is 0. The van der Waals surface area contributed by atoms with Crippen LogP contribution < -0.4 is 0 Å². The molecule has 0 amide bonds. The minimum absolute atomic E-state index is 0.0678. The summed E-state index contributed by atoms with van der Waals surface area (Å²) in [5.74, 6) is 1.36. The minimum Gasteiger partial charge on any atom is -0.313 e. The quantitative estimate of drug-likeness (QED) is 0.773. The molecule has 1 saturated heterocycles. The summed E-state index contributed by atoms with van der Waals surface area (Å²) < 4.78 is 0. The largest absolute Gasteiger partial charge is 0.313 e. The molecule has 0 radical (unpaired) electrons. The van der Waals surface area contributed by atoms with Crippen LogP contribution in [-0.2, 0) is 0 Å². The van der Waals surface area contributed by atoms with Crippen molar-refractivity contribution in [3.63, 3.8) is 0 Å². The summed E-state index contributed by atoms with van der Waals surface area (Å²) in [6.07, 6.45) is 3.56. The zero-order valence-electron chi connectivity index (χ0n) is 11.2. The lowest BCUT2D eigenvalue weighted by Crippen LogP contribution is -2.47. The van der Waals surface area contributed by atoms with E-state index in [1.807, 2.05) is 0 Å². The van der Waals surface area contributed by atoms with Gasteiger partial charge in [0, 0.05) is 11.1 Å². The van der Waals surface area contributed by atoms with Crippen LogP contribution in [0, 0.1) is 11.8 Å². The maximum absolute atomic E-state index is 10.2. The molecule has 2 atom stereocenters. The van der Waals surface area contributed by atoms with Crippen molar-refractivity contribution in [3.8, 4) is 0 Å². The molecule has 2 nitrogen and oxygen atoms in total. The summed E-state index contributed by atoms with van der Waals surface area (Å²) in [6.45, 7) is 13.1. The first-order valence-electron chi connectivity index (χ1n) is 6.21. The lowest BCUT2D eigenvalue weighted by molar-refractivity contribution is -0.197. The highest BCUT2D eigenvalue weighted by molar-refractivity contribution is 5.01. The molecule has 1 N–H and O–H groups in total. The molecule has 90 valence electrons. The highest BCUT2D eigenvalue weighted by Gasteiger charge is 2.50. The minimum atomic E-state index is -0.0765. The van der Waals surface area contributed by atoms with Crippen LogP contribution in [0.4, 0.5) is 0 Å². The fourth-order valence-electron chi connectivity index (χ4n) is 2.92. The van der Waals surface area contributed by atoms with E-state index in [1.54, 1.807) is 5.06 Å². The Bertz CT molecular complexity index is 223. The number of hydrogen-bond donors (Lipinski definition) is 1. The average molecular weight is 213 g/mol. The molecule has 1 aliphatic heterocycles. The predicted octanol–water partition coefficient (Wildman–Crippen LogP) is 3.69. The molecule has 15 heavy (non-hydrogen) atoms. The Labute approximate surface area is 94.6 Å². The molecular formula is C13H27NO. The van der Waals surface area contributed by atoms with Gasteiger partial charge in [0.1, 0.15) is 0 Å². The number of nitrogens with zero attached hydrogens (tertiary/aromatic N) is 1. The smallest absolute Gasteiger partial charge is 0.0439 e. The third-order valence-electron chi connectivity index (χ3n) is 4.25. The van der Waals surface area contributed by atoms with E-state index in [1.165, 1.54) is 12.8 Å². The molecule has 0 spiro atoms. The summed E-state index contributed by atoms with van der Waals surface area (Å²) in [7, 11) is 0. The highest BCUT2D eigenvalue weighted by Crippen LogP contribution is 2.46. The Morgan fingerprint density at radius 2 is 1.87 bits per heavy atom. The Morgan fingerprint density at radius 3 is 2.20 bits per heavy atom. The lowest BCUT2D eigenvalue weighted by atomic mass is 9.80. The maximum atomic E-state index is 10.2. The first-order chi connectivity index (χ1) is 6.71. The Kier molecular flexibility index (Phi) is 3.52. The summed E-state index contributed by atoms with van der Waals surface area (Å²) in [5, 5.41) is 11.8. The molecule has 0 aliphatic carbocycles. The molecule has 0 aromatic rings. The van der Waals surface area contributed by atoms with Crippen LogP contribution in [0.15, 0.2) is 0 Å². The second-order valence-electron chi connectivity index (χ2n) is 6.43. The second kappa shape index (κ2) is 4.06. The maximum Gasteiger partial charge on any atom is 0.0439 e. The topological polar surface area (TPSA) is 23.5 Å². The van der Waals surface area contributed by atoms with Crippen molar-refractivity contribution in [2.45, 2.75) is 71.9 Å². The van der Waals surface area contributed by atoms with Crippen molar-refractivity contribution < 1.29 is 5.21 Å². The van der Waals surface area contributed by atoms with E-state index in [0.29, 0.717) is 5.92 Å². The molecule has 0 aromatic heterocycles. The van der Waals surface area contributed by atoms with Gasteiger partial charge in [0.05, 0.1) is 0 Å². The third-order valence-corrected chi connectivity index (χ3v) is 4.25. The molecule has 2 heteroatoms. The summed E-state index contributed by atoms with van der Waals surface area (Å²) in [5.41, 5.74) is -0.144. The van der Waals surface area contributed by atoms with E-state index < -0.39 is 0 Å². The average Bonchev–Trinajstić information content (AvgIpc) is 2.27. The first kappa shape index (κ1) is 13.0. The molecule has 2 unspecified atom stereocenters. The predicted molar refractivity (Wildman–Crippen MR) is 64.0 cm³/mol. The number of hydrogen-bond acceptors (Lipinski definition) is 2. The van der Waals surface area contributed by atoms with Crippen molar-refractivity contribution >= 4 is 0 Å². The van der Waals surface area contributed by atoms with E-state index in [-0.39, 0.29) is 11.1 Å². The summed E-state index contributed by atoms with van der Waals surface area (Å²) in [6, 6.07) is 0. The third kappa shape index (κ3) is 2.36. The number of rotatable bonds is 3. The van der Waals surface area contributed by atoms with Crippen LogP contribution in [0.2, 0.25) is 0 Å². The van der Waals surface area contributed by atoms with Gasteiger partial charge in [0.15, 0.2) is 0 Å². The molecule has 1 aliphatic rings. The standard InChI is InChI=1S/C13H27NO/c1-7-10(2)8-11-9-12(3,4)14(15)13(11,5)6/h10-11,15H,7-9H2,1-6H3. The van der Waals surface area contributed by atoms with E-state index in [0.717, 1.165) is 12.3 Å². The SMILES string of the molecule is CCC(C)CC1CC(C)(C)N(O)C1(C)C. The molecule has 1 rings (SSSR count). The van der Waals surface area contributed by atoms with E-state index in [9.17, 15) is 5.21 Å². The fraction of sp³-hybridized carbons (Fsp3) is 1.00. The highest BCUT2D eigenvalue weighted by atomic mass is 16.5. The van der Waals surface area contributed by atoms with Gasteiger partial charge in [0.2, 0.25) is 0 Å². The van der Waals surface area contributed by atoms with Crippen LogP contribution in [0.1, 0.15) is 60.8 Å². The van der Waals surface area contributed by atoms with E-state index >= 15 is 0 Å².